The van der Waals surface area contributed by atoms with E-state index < -0.39 is 20.7 Å². The second-order valence-electron chi connectivity index (χ2n) is 8.17. The average molecular weight is 397 g/mol. The fourth-order valence-electron chi connectivity index (χ4n) is 4.10. The van der Waals surface area contributed by atoms with Crippen LogP contribution in [0, 0.1) is 34.6 Å². The number of sulfonamides is 1. The number of rotatable bonds is 4. The first-order valence-electron chi connectivity index (χ1n) is 9.39. The van der Waals surface area contributed by atoms with Crippen LogP contribution >= 0.6 is 0 Å². The van der Waals surface area contributed by atoms with Gasteiger partial charge in [-0.15, -0.1) is 0 Å². The average Bonchev–Trinajstić information content (AvgIpc) is 2.64. The van der Waals surface area contributed by atoms with Crippen molar-refractivity contribution in [3.63, 3.8) is 0 Å². The number of hydroxylamine groups is 1. The summed E-state index contributed by atoms with van der Waals surface area (Å²) in [4.78, 5) is 11.8. The van der Waals surface area contributed by atoms with E-state index in [2.05, 4.69) is 34.6 Å². The van der Waals surface area contributed by atoms with E-state index in [4.69, 9.17) is 5.21 Å². The minimum atomic E-state index is -3.86. The summed E-state index contributed by atoms with van der Waals surface area (Å²) in [7, 11) is -3.86. The molecular weight excluding hydrogens is 364 g/mol. The Hall–Kier alpha value is -1.44. The number of carbonyl (C=O) groups is 1. The van der Waals surface area contributed by atoms with Crippen molar-refractivity contribution in [1.82, 2.24) is 9.79 Å². The number of nitrogens with one attached hydrogen (secondary N) is 1. The fraction of sp³-hybridized carbons (Fsp3) is 0.650. The van der Waals surface area contributed by atoms with Gasteiger partial charge in [0, 0.05) is 13.1 Å². The molecule has 1 heterocycles. The first-order chi connectivity index (χ1) is 12.4. The van der Waals surface area contributed by atoms with Crippen LogP contribution in [0.2, 0.25) is 0 Å². The van der Waals surface area contributed by atoms with E-state index in [-0.39, 0.29) is 0 Å². The van der Waals surface area contributed by atoms with Gasteiger partial charge in [-0.1, -0.05) is 0 Å². The van der Waals surface area contributed by atoms with Crippen molar-refractivity contribution in [3.8, 4) is 0 Å². The molecule has 1 aliphatic heterocycles. The first-order valence-corrected chi connectivity index (χ1v) is 10.8. The lowest BCUT2D eigenvalue weighted by atomic mass is 9.80. The van der Waals surface area contributed by atoms with Gasteiger partial charge in [-0.2, -0.15) is 0 Å². The van der Waals surface area contributed by atoms with Crippen LogP contribution in [-0.4, -0.2) is 41.7 Å². The van der Waals surface area contributed by atoms with Gasteiger partial charge in [-0.3, -0.25) is 10.0 Å². The third-order valence-electron chi connectivity index (χ3n) is 6.55. The molecule has 1 saturated heterocycles. The predicted molar refractivity (Wildman–Crippen MR) is 107 cm³/mol. The van der Waals surface area contributed by atoms with Crippen molar-refractivity contribution in [2.45, 2.75) is 72.0 Å². The van der Waals surface area contributed by atoms with Gasteiger partial charge in [-0.25, -0.2) is 18.2 Å². The van der Waals surface area contributed by atoms with Gasteiger partial charge in [0.1, 0.15) is 0 Å². The summed E-state index contributed by atoms with van der Waals surface area (Å²) in [6.07, 6.45) is 1.44. The van der Waals surface area contributed by atoms with Crippen LogP contribution in [0.3, 0.4) is 0 Å². The van der Waals surface area contributed by atoms with Crippen LogP contribution in [-0.2, 0) is 14.8 Å². The third kappa shape index (κ3) is 3.52. The Balaban J connectivity index is 2.28. The molecule has 152 valence electrons. The predicted octanol–water partition coefficient (Wildman–Crippen LogP) is 3.02. The molecule has 0 bridgehead atoms. The summed E-state index contributed by atoms with van der Waals surface area (Å²) < 4.78 is 25.5. The highest BCUT2D eigenvalue weighted by Gasteiger charge is 2.46. The Labute approximate surface area is 163 Å². The molecule has 1 aliphatic rings. The first kappa shape index (κ1) is 21.9. The number of nitrogens with zero attached hydrogens (tertiary/aromatic N) is 1. The molecular formula is C20H32N2O4S. The Morgan fingerprint density at radius 2 is 1.37 bits per heavy atom. The molecule has 0 saturated carbocycles. The Kier molecular flexibility index (Phi) is 6.09. The summed E-state index contributed by atoms with van der Waals surface area (Å²) in [5.41, 5.74) is 9.37. The van der Waals surface area contributed by atoms with E-state index >= 15 is 0 Å². The zero-order valence-electron chi connectivity index (χ0n) is 17.4. The molecule has 2 N–H and O–H groups in total. The lowest BCUT2D eigenvalue weighted by Gasteiger charge is -2.37. The molecule has 0 unspecified atom stereocenters. The lowest BCUT2D eigenvalue weighted by molar-refractivity contribution is -0.131. The van der Waals surface area contributed by atoms with E-state index in [1.807, 2.05) is 0 Å². The highest BCUT2D eigenvalue weighted by atomic mass is 32.2. The molecule has 1 amide bonds. The van der Waals surface area contributed by atoms with Crippen LogP contribution in [0.1, 0.15) is 66.0 Å². The number of hydrogen-bond acceptors (Lipinski definition) is 4. The summed E-state index contributed by atoms with van der Waals surface area (Å²) in [6.45, 7) is 14.1. The second-order valence-corrected chi connectivity index (χ2v) is 10.7. The van der Waals surface area contributed by atoms with Crippen LogP contribution in [0.5, 0.6) is 0 Å². The van der Waals surface area contributed by atoms with Crippen molar-refractivity contribution in [2.75, 3.05) is 13.1 Å². The van der Waals surface area contributed by atoms with Crippen LogP contribution < -0.4 is 5.48 Å². The largest absolute Gasteiger partial charge is 0.289 e. The van der Waals surface area contributed by atoms with Crippen LogP contribution in [0.25, 0.3) is 0 Å². The summed E-state index contributed by atoms with van der Waals surface area (Å²) >= 11 is 0. The Morgan fingerprint density at radius 1 is 0.963 bits per heavy atom. The van der Waals surface area contributed by atoms with E-state index in [9.17, 15) is 13.2 Å². The van der Waals surface area contributed by atoms with Gasteiger partial charge in [0.05, 0.1) is 0 Å². The normalized spacial score (nSPS) is 17.2. The van der Waals surface area contributed by atoms with Crippen molar-refractivity contribution in [2.24, 2.45) is 0 Å². The van der Waals surface area contributed by atoms with Crippen molar-refractivity contribution < 1.29 is 18.4 Å². The van der Waals surface area contributed by atoms with Gasteiger partial charge < -0.3 is 0 Å². The van der Waals surface area contributed by atoms with E-state index in [1.54, 1.807) is 0 Å². The second kappa shape index (κ2) is 7.53. The van der Waals surface area contributed by atoms with Gasteiger partial charge in [0.15, 0.2) is 4.75 Å². The highest BCUT2D eigenvalue weighted by molar-refractivity contribution is 7.91. The molecule has 0 spiro atoms. The molecule has 1 aromatic rings. The van der Waals surface area contributed by atoms with Gasteiger partial charge in [-0.05, 0) is 101 Å². The minimum absolute atomic E-state index is 0.309. The maximum atomic E-state index is 12.9. The van der Waals surface area contributed by atoms with Gasteiger partial charge in [0.25, 0.3) is 5.91 Å². The van der Waals surface area contributed by atoms with Gasteiger partial charge in [0.2, 0.25) is 10.0 Å². The summed E-state index contributed by atoms with van der Waals surface area (Å²) in [6, 6.07) is 0. The standard InChI is InChI=1S/C20H32N2O4S/c1-12-13(2)15(4)18(16(5)14(12)3)17-8-10-22(11-9-17)27(25,26)20(6,7)19(23)21-24/h17,24H,8-11H2,1-7H3,(H,21,23). The number of benzene rings is 1. The molecule has 2 rings (SSSR count). The molecule has 0 aliphatic carbocycles. The maximum absolute atomic E-state index is 12.9. The van der Waals surface area contributed by atoms with E-state index in [0.29, 0.717) is 19.0 Å². The molecule has 27 heavy (non-hydrogen) atoms. The van der Waals surface area contributed by atoms with Crippen molar-refractivity contribution >= 4 is 15.9 Å². The Morgan fingerprint density at radius 3 is 1.78 bits per heavy atom. The monoisotopic (exact) mass is 396 g/mol. The Bertz CT molecular complexity index is 822. The molecule has 0 aromatic heterocycles. The zero-order chi connectivity index (χ0) is 20.7. The van der Waals surface area contributed by atoms with Crippen molar-refractivity contribution in [1.29, 1.82) is 0 Å². The van der Waals surface area contributed by atoms with Crippen molar-refractivity contribution in [3.05, 3.63) is 33.4 Å². The SMILES string of the molecule is Cc1c(C)c(C)c(C2CCN(S(=O)(=O)C(C)(C)C(=O)NO)CC2)c(C)c1C. The molecule has 7 heteroatoms. The number of amides is 1. The number of hydrogen-bond donors (Lipinski definition) is 2. The topological polar surface area (TPSA) is 86.7 Å². The molecule has 0 radical (unpaired) electrons. The highest BCUT2D eigenvalue weighted by Crippen LogP contribution is 2.38. The molecule has 1 fully saturated rings. The third-order valence-corrected chi connectivity index (χ3v) is 9.07. The van der Waals surface area contributed by atoms with Crippen LogP contribution in [0.15, 0.2) is 0 Å². The summed E-state index contributed by atoms with van der Waals surface area (Å²) in [5, 5.41) is 8.88. The molecule has 1 aromatic carbocycles. The lowest BCUT2D eigenvalue weighted by Crippen LogP contribution is -2.54. The van der Waals surface area contributed by atoms with E-state index in [0.717, 1.165) is 12.8 Å². The number of carbonyl (C=O) groups excluding carboxylic acids is 1. The molecule has 0 atom stereocenters. The zero-order valence-corrected chi connectivity index (χ0v) is 18.2. The maximum Gasteiger partial charge on any atom is 0.265 e. The number of piperidine rings is 1. The smallest absolute Gasteiger partial charge is 0.265 e. The fourth-order valence-corrected chi connectivity index (χ4v) is 5.72. The van der Waals surface area contributed by atoms with Crippen LogP contribution in [0.4, 0.5) is 0 Å². The summed E-state index contributed by atoms with van der Waals surface area (Å²) in [5.74, 6) is -0.606. The molecule has 6 nitrogen and oxygen atoms in total. The minimum Gasteiger partial charge on any atom is -0.289 e. The van der Waals surface area contributed by atoms with E-state index in [1.165, 1.54) is 57.0 Å². The van der Waals surface area contributed by atoms with Gasteiger partial charge >= 0.3 is 0 Å². The quantitative estimate of drug-likeness (QED) is 0.605.